The van der Waals surface area contributed by atoms with Crippen molar-refractivity contribution in [3.05, 3.63) is 134 Å². The molecule has 0 unspecified atom stereocenters. The maximum atomic E-state index is 2.58. The molecular formula is C44H52SiZr. The molecule has 0 aromatic heterocycles. The van der Waals surface area contributed by atoms with Crippen molar-refractivity contribution in [3.8, 4) is 22.3 Å². The molecule has 46 heavy (non-hydrogen) atoms. The van der Waals surface area contributed by atoms with E-state index in [0.29, 0.717) is 0 Å². The van der Waals surface area contributed by atoms with Crippen LogP contribution >= 0.6 is 0 Å². The van der Waals surface area contributed by atoms with Gasteiger partial charge in [0, 0.05) is 8.07 Å². The number of hydrogen-bond donors (Lipinski definition) is 0. The van der Waals surface area contributed by atoms with Crippen LogP contribution in [0.15, 0.2) is 97.1 Å². The molecule has 0 saturated heterocycles. The fourth-order valence-corrected chi connectivity index (χ4v) is 11.6. The number of fused-ring (bicyclic) bond motifs is 2. The monoisotopic (exact) mass is 698 g/mol. The number of benzene rings is 4. The minimum Gasteiger partial charge on any atom is -0.358 e. The van der Waals surface area contributed by atoms with E-state index in [1.54, 1.807) is 10.4 Å². The topological polar surface area (TPSA) is 0 Å². The second kappa shape index (κ2) is 13.4. The first-order valence-corrected chi connectivity index (χ1v) is 18.8. The van der Waals surface area contributed by atoms with Gasteiger partial charge in [-0.25, -0.2) is 0 Å². The van der Waals surface area contributed by atoms with Gasteiger partial charge in [-0.05, 0) is 33.1 Å². The third-order valence-corrected chi connectivity index (χ3v) is 13.4. The predicted octanol–water partition coefficient (Wildman–Crippen LogP) is 11.7. The molecule has 0 nitrogen and oxygen atoms in total. The van der Waals surface area contributed by atoms with E-state index in [0.717, 1.165) is 0 Å². The Morgan fingerprint density at radius 1 is 0.500 bits per heavy atom. The second-order valence-electron chi connectivity index (χ2n) is 15.2. The standard InChI is InChI=1S/C42H46Si.2CH3.Zr/c1-27-25-31-13-11-15-35(29-17-21-33(22-18-29)41(3,4)5)37(31)39(27)43(9,10)40-28(2)26-32-14-12-16-36(38(32)40)30-19-23-34(24-20-30)42(6,7)8;;;/h11-26H,1-10H3;2*1H3;/q-2;2*-1;+4. The first kappa shape index (κ1) is 37.7. The number of hydrogen-bond acceptors (Lipinski definition) is 0. The van der Waals surface area contributed by atoms with Crippen molar-refractivity contribution in [2.75, 3.05) is 0 Å². The Morgan fingerprint density at radius 3 is 1.13 bits per heavy atom. The molecule has 0 saturated carbocycles. The van der Waals surface area contributed by atoms with E-state index >= 15 is 0 Å². The summed E-state index contributed by atoms with van der Waals surface area (Å²) in [6.07, 6.45) is 0. The van der Waals surface area contributed by atoms with Crippen LogP contribution in [0.3, 0.4) is 0 Å². The van der Waals surface area contributed by atoms with Crippen LogP contribution in [0.1, 0.15) is 63.8 Å². The molecule has 0 aliphatic rings. The molecule has 0 aliphatic carbocycles. The molecule has 0 amide bonds. The molecule has 6 aromatic carbocycles. The average molecular weight is 700 g/mol. The van der Waals surface area contributed by atoms with Crippen LogP contribution in [-0.4, -0.2) is 8.07 Å². The second-order valence-corrected chi connectivity index (χ2v) is 19.5. The zero-order valence-electron chi connectivity index (χ0n) is 30.2. The van der Waals surface area contributed by atoms with Gasteiger partial charge in [0.25, 0.3) is 0 Å². The van der Waals surface area contributed by atoms with Crippen LogP contribution in [0.2, 0.25) is 13.1 Å². The summed E-state index contributed by atoms with van der Waals surface area (Å²) in [4.78, 5) is 0. The van der Waals surface area contributed by atoms with Gasteiger partial charge < -0.3 is 14.9 Å². The number of aryl methyl sites for hydroxylation is 2. The van der Waals surface area contributed by atoms with Crippen LogP contribution < -0.4 is 10.4 Å². The van der Waals surface area contributed by atoms with Crippen LogP contribution in [0, 0.1) is 28.7 Å². The van der Waals surface area contributed by atoms with E-state index in [1.165, 1.54) is 66.1 Å². The van der Waals surface area contributed by atoms with E-state index in [2.05, 4.69) is 166 Å². The van der Waals surface area contributed by atoms with E-state index in [4.69, 9.17) is 0 Å². The van der Waals surface area contributed by atoms with E-state index in [1.807, 2.05) is 0 Å². The summed E-state index contributed by atoms with van der Waals surface area (Å²) in [5.41, 5.74) is 11.2. The van der Waals surface area contributed by atoms with Gasteiger partial charge in [-0.1, -0.05) is 140 Å². The molecule has 2 heteroatoms. The van der Waals surface area contributed by atoms with E-state index in [-0.39, 0.29) is 51.9 Å². The van der Waals surface area contributed by atoms with Crippen molar-refractivity contribution in [2.45, 2.75) is 79.3 Å². The Labute approximate surface area is 300 Å². The van der Waals surface area contributed by atoms with Gasteiger partial charge in [-0.15, -0.1) is 69.1 Å². The molecule has 0 aliphatic heterocycles. The molecule has 0 radical (unpaired) electrons. The molecule has 236 valence electrons. The summed E-state index contributed by atoms with van der Waals surface area (Å²) in [5.74, 6) is 0. The van der Waals surface area contributed by atoms with Crippen molar-refractivity contribution < 1.29 is 26.2 Å². The largest absolute Gasteiger partial charge is 4.00 e. The summed E-state index contributed by atoms with van der Waals surface area (Å²) in [6, 6.07) is 37.2. The fraction of sp³-hybridized carbons (Fsp3) is 0.273. The maximum absolute atomic E-state index is 2.58. The first-order valence-electron chi connectivity index (χ1n) is 15.8. The normalized spacial score (nSPS) is 12.0. The van der Waals surface area contributed by atoms with Crippen LogP contribution in [0.25, 0.3) is 43.8 Å². The van der Waals surface area contributed by atoms with Gasteiger partial charge >= 0.3 is 26.2 Å². The Morgan fingerprint density at radius 2 is 0.826 bits per heavy atom. The van der Waals surface area contributed by atoms with Gasteiger partial charge in [0.05, 0.1) is 0 Å². The van der Waals surface area contributed by atoms with Crippen LogP contribution in [-0.2, 0) is 37.0 Å². The summed E-state index contributed by atoms with van der Waals surface area (Å²) < 4.78 is 0. The Hall–Kier alpha value is -2.80. The quantitative estimate of drug-likeness (QED) is 0.127. The van der Waals surface area contributed by atoms with Gasteiger partial charge in [-0.2, -0.15) is 10.4 Å². The van der Waals surface area contributed by atoms with Crippen molar-refractivity contribution >= 4 is 40.0 Å². The summed E-state index contributed by atoms with van der Waals surface area (Å²) in [7, 11) is -2.18. The summed E-state index contributed by atoms with van der Waals surface area (Å²) in [6.45, 7) is 23.6. The van der Waals surface area contributed by atoms with E-state index in [9.17, 15) is 0 Å². The Kier molecular flexibility index (Phi) is 10.9. The fourth-order valence-electron chi connectivity index (χ4n) is 7.46. The van der Waals surface area contributed by atoms with Gasteiger partial charge in [0.15, 0.2) is 0 Å². The van der Waals surface area contributed by atoms with Crippen molar-refractivity contribution in [2.24, 2.45) is 0 Å². The average Bonchev–Trinajstić information content (AvgIpc) is 3.48. The molecular weight excluding hydrogens is 648 g/mol. The maximum Gasteiger partial charge on any atom is 4.00 e. The zero-order chi connectivity index (χ0) is 30.9. The molecule has 6 aromatic rings. The third kappa shape index (κ3) is 6.50. The van der Waals surface area contributed by atoms with Crippen molar-refractivity contribution in [3.63, 3.8) is 0 Å². The van der Waals surface area contributed by atoms with Crippen LogP contribution in [0.4, 0.5) is 0 Å². The van der Waals surface area contributed by atoms with Crippen molar-refractivity contribution in [1.82, 2.24) is 0 Å². The van der Waals surface area contributed by atoms with Gasteiger partial charge in [0.2, 0.25) is 0 Å². The smallest absolute Gasteiger partial charge is 0.358 e. The minimum atomic E-state index is -2.18. The molecule has 6 rings (SSSR count). The summed E-state index contributed by atoms with van der Waals surface area (Å²) in [5, 5.41) is 8.76. The SMILES string of the molecule is Cc1[cH-]c2cccc(-c3ccc(C(C)(C)C)cc3)c2c1[Si](C)(C)c1c(C)[cH-]c2cccc(-c3ccc(C(C)(C)C)cc3)c12.[CH3-].[CH3-].[Zr+4]. The minimum absolute atomic E-state index is 0. The molecule has 0 heterocycles. The molecule has 0 spiro atoms. The van der Waals surface area contributed by atoms with Gasteiger partial charge in [0.1, 0.15) is 0 Å². The zero-order valence-corrected chi connectivity index (χ0v) is 33.7. The van der Waals surface area contributed by atoms with Gasteiger partial charge in [-0.3, -0.25) is 0 Å². The first-order chi connectivity index (χ1) is 20.2. The van der Waals surface area contributed by atoms with E-state index < -0.39 is 8.07 Å². The molecule has 0 fully saturated rings. The predicted molar refractivity (Wildman–Crippen MR) is 206 cm³/mol. The third-order valence-electron chi connectivity index (χ3n) is 9.60. The Bertz CT molecular complexity index is 1800. The molecule has 0 N–H and O–H groups in total. The Balaban J connectivity index is 0.00000192. The molecule has 0 bridgehead atoms. The van der Waals surface area contributed by atoms with Crippen LogP contribution in [0.5, 0.6) is 0 Å². The van der Waals surface area contributed by atoms with Crippen molar-refractivity contribution in [1.29, 1.82) is 0 Å². The molecule has 0 atom stereocenters. The summed E-state index contributed by atoms with van der Waals surface area (Å²) >= 11 is 0. The number of rotatable bonds is 4.